The zero-order chi connectivity index (χ0) is 9.99. The molecule has 0 aliphatic heterocycles. The van der Waals surface area contributed by atoms with Crippen LogP contribution in [0, 0.1) is 5.41 Å². The van der Waals surface area contributed by atoms with Gasteiger partial charge in [0.25, 0.3) is 0 Å². The second kappa shape index (κ2) is 6.05. The summed E-state index contributed by atoms with van der Waals surface area (Å²) >= 11 is 0. The van der Waals surface area contributed by atoms with Crippen LogP contribution >= 0.6 is 0 Å². The molecule has 0 spiro atoms. The van der Waals surface area contributed by atoms with Gasteiger partial charge in [-0.05, 0) is 41.0 Å². The Kier molecular flexibility index (Phi) is 8.25. The molecule has 0 aromatic heterocycles. The normalized spacial score (nSPS) is 11.0. The number of ether oxygens (including phenoxy) is 1. The molecule has 0 aromatic rings. The molecule has 0 saturated heterocycles. The summed E-state index contributed by atoms with van der Waals surface area (Å²) in [6.07, 6.45) is 0.807. The van der Waals surface area contributed by atoms with E-state index in [0.29, 0.717) is 0 Å². The van der Waals surface area contributed by atoms with Crippen molar-refractivity contribution in [1.82, 2.24) is 0 Å². The molecule has 0 atom stereocenters. The van der Waals surface area contributed by atoms with Crippen molar-refractivity contribution in [3.8, 4) is 0 Å². The van der Waals surface area contributed by atoms with Crippen molar-refractivity contribution in [3.63, 3.8) is 0 Å². The Balaban J connectivity index is -0.000000605. The van der Waals surface area contributed by atoms with Crippen molar-refractivity contribution in [2.45, 2.75) is 68.4 Å². The van der Waals surface area contributed by atoms with Gasteiger partial charge in [0.15, 0.2) is 0 Å². The van der Waals surface area contributed by atoms with E-state index in [1.54, 1.807) is 0 Å². The van der Waals surface area contributed by atoms with Gasteiger partial charge < -0.3 is 4.74 Å². The van der Waals surface area contributed by atoms with Gasteiger partial charge in [-0.25, -0.2) is 0 Å². The molecule has 2 nitrogen and oxygen atoms in total. The molecular weight excluding hydrogens is 176 g/mol. The number of hydrogen-bond donors (Lipinski definition) is 0. The first kappa shape index (κ1) is 19.1. The highest BCUT2D eigenvalue weighted by Crippen LogP contribution is 2.24. The maximum absolute atomic E-state index is 11.5. The van der Waals surface area contributed by atoms with Crippen LogP contribution in [0.4, 0.5) is 0 Å². The highest BCUT2D eigenvalue weighted by Gasteiger charge is 2.30. The second-order valence-electron chi connectivity index (χ2n) is 4.74. The Morgan fingerprint density at radius 3 is 1.64 bits per heavy atom. The predicted octanol–water partition coefficient (Wildman–Crippen LogP) is 4.04. The zero-order valence-corrected chi connectivity index (χ0v) is 9.02. The smallest absolute Gasteiger partial charge is 0.312 e. The average Bonchev–Trinajstić information content (AvgIpc) is 1.84. The van der Waals surface area contributed by atoms with Crippen molar-refractivity contribution in [3.05, 3.63) is 0 Å². The van der Waals surface area contributed by atoms with Gasteiger partial charge in [-0.3, -0.25) is 4.79 Å². The van der Waals surface area contributed by atoms with Gasteiger partial charge >= 0.3 is 5.97 Å². The molecule has 2 heteroatoms. The SMILES string of the molecule is C.C.CCC(C)(C)C(=O)OC(C)(C)C. The van der Waals surface area contributed by atoms with E-state index < -0.39 is 0 Å². The Hall–Kier alpha value is -0.530. The first-order chi connectivity index (χ1) is 5.19. The largest absolute Gasteiger partial charge is 0.460 e. The van der Waals surface area contributed by atoms with E-state index in [0.717, 1.165) is 6.42 Å². The minimum Gasteiger partial charge on any atom is -0.460 e. The average molecular weight is 204 g/mol. The summed E-state index contributed by atoms with van der Waals surface area (Å²) in [6.45, 7) is 11.5. The Labute approximate surface area is 90.0 Å². The third-order valence-electron chi connectivity index (χ3n) is 1.84. The van der Waals surface area contributed by atoms with Crippen LogP contribution in [-0.2, 0) is 9.53 Å². The van der Waals surface area contributed by atoms with Crippen LogP contribution in [0.25, 0.3) is 0 Å². The number of carbonyl (C=O) groups is 1. The summed E-state index contributed by atoms with van der Waals surface area (Å²) < 4.78 is 5.25. The fourth-order valence-corrected chi connectivity index (χ4v) is 0.561. The van der Waals surface area contributed by atoms with Crippen LogP contribution in [0.5, 0.6) is 0 Å². The summed E-state index contributed by atoms with van der Waals surface area (Å²) in [5.74, 6) is -0.113. The summed E-state index contributed by atoms with van der Waals surface area (Å²) in [4.78, 5) is 11.5. The van der Waals surface area contributed by atoms with Gasteiger partial charge in [-0.2, -0.15) is 0 Å². The molecule has 0 fully saturated rings. The second-order valence-corrected chi connectivity index (χ2v) is 4.74. The van der Waals surface area contributed by atoms with Crippen LogP contribution in [-0.4, -0.2) is 11.6 Å². The zero-order valence-electron chi connectivity index (χ0n) is 9.02. The molecule has 0 unspecified atom stereocenters. The molecule has 14 heavy (non-hydrogen) atoms. The first-order valence-electron chi connectivity index (χ1n) is 4.42. The van der Waals surface area contributed by atoms with E-state index in [-0.39, 0.29) is 31.8 Å². The molecular formula is C12H28O2. The molecule has 0 bridgehead atoms. The topological polar surface area (TPSA) is 26.3 Å². The molecule has 0 N–H and O–H groups in total. The van der Waals surface area contributed by atoms with Crippen molar-refractivity contribution >= 4 is 5.97 Å². The number of carbonyl (C=O) groups excluding carboxylic acids is 1. The van der Waals surface area contributed by atoms with E-state index in [1.807, 2.05) is 41.5 Å². The van der Waals surface area contributed by atoms with Crippen molar-refractivity contribution in [1.29, 1.82) is 0 Å². The monoisotopic (exact) mass is 204 g/mol. The van der Waals surface area contributed by atoms with Crippen molar-refractivity contribution in [2.24, 2.45) is 5.41 Å². The summed E-state index contributed by atoms with van der Waals surface area (Å²) in [5, 5.41) is 0. The fourth-order valence-electron chi connectivity index (χ4n) is 0.561. The summed E-state index contributed by atoms with van der Waals surface area (Å²) in [6, 6.07) is 0. The van der Waals surface area contributed by atoms with Crippen LogP contribution in [0.2, 0.25) is 0 Å². The van der Waals surface area contributed by atoms with Gasteiger partial charge in [-0.1, -0.05) is 21.8 Å². The van der Waals surface area contributed by atoms with Crippen LogP contribution in [0.1, 0.15) is 62.8 Å². The molecule has 0 radical (unpaired) electrons. The summed E-state index contributed by atoms with van der Waals surface area (Å²) in [7, 11) is 0. The molecule has 0 rings (SSSR count). The third-order valence-corrected chi connectivity index (χ3v) is 1.84. The minimum absolute atomic E-state index is 0. The quantitative estimate of drug-likeness (QED) is 0.635. The van der Waals surface area contributed by atoms with Crippen molar-refractivity contribution < 1.29 is 9.53 Å². The highest BCUT2D eigenvalue weighted by atomic mass is 16.6. The lowest BCUT2D eigenvalue weighted by molar-refractivity contribution is -0.165. The van der Waals surface area contributed by atoms with E-state index in [4.69, 9.17) is 4.74 Å². The first-order valence-corrected chi connectivity index (χ1v) is 4.42. The van der Waals surface area contributed by atoms with Crippen LogP contribution in [0.15, 0.2) is 0 Å². The number of esters is 1. The fraction of sp³-hybridized carbons (Fsp3) is 0.917. The van der Waals surface area contributed by atoms with Gasteiger partial charge in [0.05, 0.1) is 5.41 Å². The molecule has 0 heterocycles. The Morgan fingerprint density at radius 1 is 1.07 bits per heavy atom. The van der Waals surface area contributed by atoms with Gasteiger partial charge in [0.2, 0.25) is 0 Å². The van der Waals surface area contributed by atoms with Crippen LogP contribution < -0.4 is 0 Å². The molecule has 0 aromatic carbocycles. The lowest BCUT2D eigenvalue weighted by atomic mass is 9.90. The maximum Gasteiger partial charge on any atom is 0.312 e. The lowest BCUT2D eigenvalue weighted by Crippen LogP contribution is -2.33. The van der Waals surface area contributed by atoms with E-state index in [2.05, 4.69) is 0 Å². The maximum atomic E-state index is 11.5. The van der Waals surface area contributed by atoms with Gasteiger partial charge in [0.1, 0.15) is 5.60 Å². The van der Waals surface area contributed by atoms with Crippen molar-refractivity contribution in [2.75, 3.05) is 0 Å². The lowest BCUT2D eigenvalue weighted by Gasteiger charge is -2.27. The standard InChI is InChI=1S/C10H20O2.2CH4/c1-7-10(5,6)8(11)12-9(2,3)4;;/h7H2,1-6H3;2*1H4. The summed E-state index contributed by atoms with van der Waals surface area (Å²) in [5.41, 5.74) is -0.725. The Bertz CT molecular complexity index is 164. The van der Waals surface area contributed by atoms with E-state index >= 15 is 0 Å². The molecule has 0 amide bonds. The van der Waals surface area contributed by atoms with E-state index in [1.165, 1.54) is 0 Å². The number of hydrogen-bond acceptors (Lipinski definition) is 2. The molecule has 0 aliphatic rings. The minimum atomic E-state index is -0.372. The third kappa shape index (κ3) is 6.93. The molecule has 88 valence electrons. The Morgan fingerprint density at radius 2 is 1.43 bits per heavy atom. The highest BCUT2D eigenvalue weighted by molar-refractivity contribution is 5.76. The van der Waals surface area contributed by atoms with E-state index in [9.17, 15) is 4.79 Å². The van der Waals surface area contributed by atoms with Gasteiger partial charge in [-0.15, -0.1) is 0 Å². The van der Waals surface area contributed by atoms with Gasteiger partial charge in [0, 0.05) is 0 Å². The molecule has 0 aliphatic carbocycles. The predicted molar refractivity (Wildman–Crippen MR) is 63.4 cm³/mol. The number of rotatable bonds is 2. The molecule has 0 saturated carbocycles. The van der Waals surface area contributed by atoms with Crippen LogP contribution in [0.3, 0.4) is 0 Å².